The molecular formula is C36H60P+. The minimum absolute atomic E-state index is 1.35. The molecule has 0 spiro atoms. The number of rotatable bonds is 24. The first-order valence-electron chi connectivity index (χ1n) is 16.3. The molecule has 0 saturated carbocycles. The second kappa shape index (κ2) is 21.8. The fourth-order valence-electron chi connectivity index (χ4n) is 5.94. The Morgan fingerprint density at radius 3 is 0.919 bits per heavy atom. The summed E-state index contributed by atoms with van der Waals surface area (Å²) < 4.78 is 0. The lowest BCUT2D eigenvalue weighted by Crippen LogP contribution is -2.27. The molecule has 0 heterocycles. The van der Waals surface area contributed by atoms with Crippen LogP contribution < -0.4 is 10.6 Å². The van der Waals surface area contributed by atoms with Crippen LogP contribution >= 0.6 is 7.26 Å². The average Bonchev–Trinajstić information content (AvgIpc) is 2.95. The van der Waals surface area contributed by atoms with Gasteiger partial charge >= 0.3 is 0 Å². The van der Waals surface area contributed by atoms with Crippen molar-refractivity contribution in [3.63, 3.8) is 0 Å². The summed E-state index contributed by atoms with van der Waals surface area (Å²) in [7, 11) is -1.35. The molecule has 2 aromatic carbocycles. The molecule has 1 heteroatoms. The summed E-state index contributed by atoms with van der Waals surface area (Å²) in [5, 5.41) is 3.29. The van der Waals surface area contributed by atoms with Crippen molar-refractivity contribution in [2.45, 2.75) is 142 Å². The van der Waals surface area contributed by atoms with Gasteiger partial charge in [0.2, 0.25) is 0 Å². The van der Waals surface area contributed by atoms with Crippen LogP contribution in [-0.2, 0) is 0 Å². The van der Waals surface area contributed by atoms with E-state index in [2.05, 4.69) is 74.5 Å². The van der Waals surface area contributed by atoms with Gasteiger partial charge in [0.25, 0.3) is 0 Å². The summed E-state index contributed by atoms with van der Waals surface area (Å²) in [5.41, 5.74) is 0. The molecule has 0 aliphatic rings. The number of hydrogen-bond donors (Lipinski definition) is 0. The normalized spacial score (nSPS) is 11.7. The third kappa shape index (κ3) is 13.5. The molecule has 0 aliphatic carbocycles. The van der Waals surface area contributed by atoms with Gasteiger partial charge in [-0.3, -0.25) is 0 Å². The van der Waals surface area contributed by atoms with Crippen LogP contribution in [0.15, 0.2) is 60.7 Å². The topological polar surface area (TPSA) is 0 Å². The number of hydrogen-bond acceptors (Lipinski definition) is 0. The first kappa shape index (κ1) is 32.1. The Kier molecular flexibility index (Phi) is 18.9. The molecule has 0 amide bonds. The molecule has 0 saturated heterocycles. The van der Waals surface area contributed by atoms with E-state index in [-0.39, 0.29) is 0 Å². The van der Waals surface area contributed by atoms with Crippen LogP contribution in [0.3, 0.4) is 0 Å². The van der Waals surface area contributed by atoms with Gasteiger partial charge < -0.3 is 0 Å². The minimum Gasteiger partial charge on any atom is -0.0654 e. The Bertz CT molecular complexity index is 672. The summed E-state index contributed by atoms with van der Waals surface area (Å²) in [4.78, 5) is 0. The second-order valence-corrected chi connectivity index (χ2v) is 15.3. The Balaban J connectivity index is 1.88. The summed E-state index contributed by atoms with van der Waals surface area (Å²) in [6, 6.07) is 23.3. The molecule has 2 aromatic rings. The molecule has 0 nitrogen and oxygen atoms in total. The Morgan fingerprint density at radius 2 is 0.622 bits per heavy atom. The van der Waals surface area contributed by atoms with Gasteiger partial charge in [0.1, 0.15) is 0 Å². The van der Waals surface area contributed by atoms with E-state index in [9.17, 15) is 0 Å². The minimum atomic E-state index is -1.35. The largest absolute Gasteiger partial charge is 0.0991 e. The molecular weight excluding hydrogens is 463 g/mol. The highest BCUT2D eigenvalue weighted by molar-refractivity contribution is 7.89. The first-order chi connectivity index (χ1) is 18.3. The smallest absolute Gasteiger partial charge is 0.0654 e. The van der Waals surface area contributed by atoms with Gasteiger partial charge in [-0.15, -0.1) is 0 Å². The quantitative estimate of drug-likeness (QED) is 0.0948. The highest BCUT2D eigenvalue weighted by Crippen LogP contribution is 2.57. The SMILES string of the molecule is CCCCCCCCCCCC[P+](CCCCCCCCCCCC)(c1ccccc1)c1ccccc1. The molecule has 208 valence electrons. The number of unbranched alkanes of at least 4 members (excludes halogenated alkanes) is 18. The van der Waals surface area contributed by atoms with Crippen molar-refractivity contribution in [3.8, 4) is 0 Å². The van der Waals surface area contributed by atoms with Crippen LogP contribution in [0.5, 0.6) is 0 Å². The van der Waals surface area contributed by atoms with Crippen LogP contribution in [0.25, 0.3) is 0 Å². The van der Waals surface area contributed by atoms with Crippen LogP contribution in [0, 0.1) is 0 Å². The van der Waals surface area contributed by atoms with Gasteiger partial charge in [0, 0.05) is 0 Å². The highest BCUT2D eigenvalue weighted by atomic mass is 31.2. The predicted octanol–water partition coefficient (Wildman–Crippen LogP) is 11.5. The summed E-state index contributed by atoms with van der Waals surface area (Å²) in [6.45, 7) is 4.62. The van der Waals surface area contributed by atoms with Gasteiger partial charge in [-0.1, -0.05) is 153 Å². The summed E-state index contributed by atoms with van der Waals surface area (Å²) in [6.07, 6.45) is 31.2. The molecule has 0 bridgehead atoms. The lowest BCUT2D eigenvalue weighted by Gasteiger charge is -2.28. The van der Waals surface area contributed by atoms with Gasteiger partial charge in [-0.2, -0.15) is 0 Å². The maximum Gasteiger partial charge on any atom is 0.0991 e. The second-order valence-electron chi connectivity index (χ2n) is 11.5. The number of benzene rings is 2. The fourth-order valence-corrected chi connectivity index (χ4v) is 10.5. The highest BCUT2D eigenvalue weighted by Gasteiger charge is 2.41. The van der Waals surface area contributed by atoms with Gasteiger partial charge in [0.05, 0.1) is 30.2 Å². The third-order valence-corrected chi connectivity index (χ3v) is 13.0. The third-order valence-electron chi connectivity index (χ3n) is 8.29. The molecule has 0 fully saturated rings. The average molecular weight is 524 g/mol. The molecule has 0 atom stereocenters. The van der Waals surface area contributed by atoms with Crippen molar-refractivity contribution in [2.24, 2.45) is 0 Å². The molecule has 0 radical (unpaired) electrons. The van der Waals surface area contributed by atoms with Crippen molar-refractivity contribution >= 4 is 17.9 Å². The van der Waals surface area contributed by atoms with E-state index in [1.54, 1.807) is 10.6 Å². The summed E-state index contributed by atoms with van der Waals surface area (Å²) in [5.74, 6) is 0. The van der Waals surface area contributed by atoms with E-state index in [1.807, 2.05) is 0 Å². The van der Waals surface area contributed by atoms with E-state index >= 15 is 0 Å². The Morgan fingerprint density at radius 1 is 0.351 bits per heavy atom. The lowest BCUT2D eigenvalue weighted by molar-refractivity contribution is 0.561. The Labute approximate surface area is 232 Å². The van der Waals surface area contributed by atoms with E-state index in [4.69, 9.17) is 0 Å². The van der Waals surface area contributed by atoms with E-state index < -0.39 is 7.26 Å². The molecule has 2 rings (SSSR count). The maximum atomic E-state index is 2.45. The molecule has 0 aliphatic heterocycles. The fraction of sp³-hybridized carbons (Fsp3) is 0.667. The van der Waals surface area contributed by atoms with Gasteiger partial charge in [0.15, 0.2) is 0 Å². The zero-order chi connectivity index (χ0) is 26.3. The zero-order valence-electron chi connectivity index (χ0n) is 24.8. The van der Waals surface area contributed by atoms with Gasteiger partial charge in [-0.25, -0.2) is 0 Å². The van der Waals surface area contributed by atoms with E-state index in [1.165, 1.54) is 141 Å². The molecule has 37 heavy (non-hydrogen) atoms. The molecule has 0 aromatic heterocycles. The van der Waals surface area contributed by atoms with E-state index in [0.29, 0.717) is 0 Å². The van der Waals surface area contributed by atoms with Gasteiger partial charge in [-0.05, 0) is 49.9 Å². The van der Waals surface area contributed by atoms with Crippen molar-refractivity contribution in [3.05, 3.63) is 60.7 Å². The van der Waals surface area contributed by atoms with Crippen molar-refractivity contribution in [2.75, 3.05) is 12.3 Å². The maximum absolute atomic E-state index is 2.45. The Hall–Kier alpha value is -1.13. The van der Waals surface area contributed by atoms with E-state index in [0.717, 1.165) is 0 Å². The lowest BCUT2D eigenvalue weighted by atomic mass is 10.1. The van der Waals surface area contributed by atoms with Crippen molar-refractivity contribution in [1.82, 2.24) is 0 Å². The standard InChI is InChI=1S/C36H60P/c1-3-5-7-9-11-13-15-17-19-27-33-37(35-29-23-21-24-30-35,36-31-25-22-26-32-36)34-28-20-18-16-14-12-10-8-6-4-2/h21-26,29-32H,3-20,27-28,33-34H2,1-2H3/q+1. The van der Waals surface area contributed by atoms with Crippen LogP contribution in [0.2, 0.25) is 0 Å². The molecule has 0 unspecified atom stereocenters. The van der Waals surface area contributed by atoms with Crippen LogP contribution in [0.1, 0.15) is 142 Å². The van der Waals surface area contributed by atoms with Crippen LogP contribution in [0.4, 0.5) is 0 Å². The monoisotopic (exact) mass is 523 g/mol. The van der Waals surface area contributed by atoms with Crippen molar-refractivity contribution in [1.29, 1.82) is 0 Å². The van der Waals surface area contributed by atoms with Crippen LogP contribution in [-0.4, -0.2) is 12.3 Å². The predicted molar refractivity (Wildman–Crippen MR) is 172 cm³/mol. The van der Waals surface area contributed by atoms with Crippen molar-refractivity contribution < 1.29 is 0 Å². The molecule has 0 N–H and O–H groups in total. The zero-order valence-corrected chi connectivity index (χ0v) is 25.7. The first-order valence-corrected chi connectivity index (χ1v) is 18.5. The summed E-state index contributed by atoms with van der Waals surface area (Å²) >= 11 is 0.